The van der Waals surface area contributed by atoms with Crippen molar-refractivity contribution in [3.63, 3.8) is 0 Å². The second kappa shape index (κ2) is 3.01. The highest BCUT2D eigenvalue weighted by molar-refractivity contribution is 6.48. The van der Waals surface area contributed by atoms with Gasteiger partial charge in [0.1, 0.15) is 0 Å². The van der Waals surface area contributed by atoms with E-state index in [-0.39, 0.29) is 6.42 Å². The summed E-state index contributed by atoms with van der Waals surface area (Å²) >= 11 is 0. The number of carbonyl (C=O) groups is 2. The van der Waals surface area contributed by atoms with Crippen LogP contribution in [0.15, 0.2) is 35.5 Å². The molecule has 0 aromatic carbocycles. The minimum absolute atomic E-state index is 0.0817. The van der Waals surface area contributed by atoms with E-state index in [1.54, 1.807) is 24.3 Å². The van der Waals surface area contributed by atoms with Crippen LogP contribution < -0.4 is 0 Å². The number of nitrogens with zero attached hydrogens (tertiary/aromatic N) is 2. The van der Waals surface area contributed by atoms with Gasteiger partial charge in [0.05, 0.1) is 5.57 Å². The summed E-state index contributed by atoms with van der Waals surface area (Å²) in [7, 11) is 0. The molecule has 0 spiro atoms. The van der Waals surface area contributed by atoms with Gasteiger partial charge < -0.3 is 5.53 Å². The van der Waals surface area contributed by atoms with Crippen molar-refractivity contribution in [2.24, 2.45) is 0 Å². The molecule has 4 heteroatoms. The Bertz CT molecular complexity index is 474. The monoisotopic (exact) mass is 186 g/mol. The Kier molecular flexibility index (Phi) is 1.84. The van der Waals surface area contributed by atoms with Crippen LogP contribution in [0.1, 0.15) is 6.42 Å². The second-order valence-electron chi connectivity index (χ2n) is 3.00. The van der Waals surface area contributed by atoms with Crippen molar-refractivity contribution >= 4 is 17.3 Å². The molecule has 0 bridgehead atoms. The maximum absolute atomic E-state index is 11.4. The zero-order chi connectivity index (χ0) is 10.1. The van der Waals surface area contributed by atoms with Crippen LogP contribution in [-0.4, -0.2) is 22.1 Å². The van der Waals surface area contributed by atoms with Gasteiger partial charge in [-0.25, -0.2) is 0 Å². The molecule has 68 valence electrons. The molecule has 2 aliphatic rings. The standard InChI is InChI=1S/C10H6N2O2/c11-12-8-3-1-2-7-6(8)4-5-9(13)10(7)14/h1-4H,5H2. The quantitative estimate of drug-likeness (QED) is 0.316. The first-order valence-electron chi connectivity index (χ1n) is 4.13. The van der Waals surface area contributed by atoms with Gasteiger partial charge in [0.15, 0.2) is 0 Å². The van der Waals surface area contributed by atoms with E-state index >= 15 is 0 Å². The van der Waals surface area contributed by atoms with Gasteiger partial charge >= 0.3 is 5.71 Å². The summed E-state index contributed by atoms with van der Waals surface area (Å²) in [5, 5.41) is 0. The average Bonchev–Trinajstić information content (AvgIpc) is 2.23. The number of hydrogen-bond donors (Lipinski definition) is 0. The highest BCUT2D eigenvalue weighted by atomic mass is 16.2. The van der Waals surface area contributed by atoms with E-state index in [1.807, 2.05) is 0 Å². The Balaban J connectivity index is 2.61. The number of hydrogen-bond acceptors (Lipinski definition) is 2. The largest absolute Gasteiger partial charge is 0.361 e. The number of rotatable bonds is 0. The molecule has 0 aromatic rings. The van der Waals surface area contributed by atoms with E-state index in [0.717, 1.165) is 0 Å². The fourth-order valence-electron chi connectivity index (χ4n) is 1.49. The van der Waals surface area contributed by atoms with E-state index in [1.165, 1.54) is 0 Å². The lowest BCUT2D eigenvalue weighted by molar-refractivity contribution is -0.134. The summed E-state index contributed by atoms with van der Waals surface area (Å²) in [6.45, 7) is 0. The van der Waals surface area contributed by atoms with E-state index < -0.39 is 11.6 Å². The molecule has 0 saturated carbocycles. The van der Waals surface area contributed by atoms with Crippen LogP contribution in [0.4, 0.5) is 0 Å². The molecule has 4 nitrogen and oxygen atoms in total. The van der Waals surface area contributed by atoms with E-state index in [2.05, 4.69) is 4.79 Å². The normalized spacial score (nSPS) is 19.9. The summed E-state index contributed by atoms with van der Waals surface area (Å²) in [5.41, 5.74) is 9.83. The first-order chi connectivity index (χ1) is 6.74. The Hall–Kier alpha value is -2.06. The fraction of sp³-hybridized carbons (Fsp3) is 0.100. The van der Waals surface area contributed by atoms with Gasteiger partial charge in [-0.1, -0.05) is 12.2 Å². The highest BCUT2D eigenvalue weighted by Crippen LogP contribution is 2.23. The Labute approximate surface area is 79.8 Å². The van der Waals surface area contributed by atoms with Crippen molar-refractivity contribution < 1.29 is 14.4 Å². The lowest BCUT2D eigenvalue weighted by atomic mass is 9.86. The SMILES string of the molecule is [N-]=[N+]=C1C=CC=C2C(=O)C(=O)CC=C21. The maximum Gasteiger partial charge on any atom is 0.322 e. The molecule has 2 rings (SSSR count). The molecule has 0 atom stereocenters. The molecule has 0 radical (unpaired) electrons. The smallest absolute Gasteiger partial charge is 0.322 e. The maximum atomic E-state index is 11.4. The predicted molar refractivity (Wildman–Crippen MR) is 48.6 cm³/mol. The Morgan fingerprint density at radius 1 is 1.29 bits per heavy atom. The first kappa shape index (κ1) is 8.53. The molecule has 2 aliphatic carbocycles. The molecule has 0 unspecified atom stereocenters. The van der Waals surface area contributed by atoms with Crippen molar-refractivity contribution in [2.45, 2.75) is 6.42 Å². The minimum Gasteiger partial charge on any atom is -0.361 e. The molecule has 0 aliphatic heterocycles. The average molecular weight is 186 g/mol. The summed E-state index contributed by atoms with van der Waals surface area (Å²) in [4.78, 5) is 25.5. The Morgan fingerprint density at radius 2 is 2.07 bits per heavy atom. The van der Waals surface area contributed by atoms with E-state index in [9.17, 15) is 9.59 Å². The summed E-state index contributed by atoms with van der Waals surface area (Å²) in [6, 6.07) is 0. The number of ketones is 2. The van der Waals surface area contributed by atoms with Crippen LogP contribution in [0.3, 0.4) is 0 Å². The summed E-state index contributed by atoms with van der Waals surface area (Å²) < 4.78 is 0. The van der Waals surface area contributed by atoms with Crippen LogP contribution >= 0.6 is 0 Å². The van der Waals surface area contributed by atoms with Crippen molar-refractivity contribution in [2.75, 3.05) is 0 Å². The second-order valence-corrected chi connectivity index (χ2v) is 3.00. The molecule has 0 saturated heterocycles. The van der Waals surface area contributed by atoms with Crippen molar-refractivity contribution in [3.8, 4) is 0 Å². The van der Waals surface area contributed by atoms with E-state index in [4.69, 9.17) is 5.53 Å². The lowest BCUT2D eigenvalue weighted by Gasteiger charge is -2.12. The molecule has 0 heterocycles. The van der Waals surface area contributed by atoms with Crippen LogP contribution in [0.5, 0.6) is 0 Å². The number of carbonyl (C=O) groups excluding carboxylic acids is 2. The third kappa shape index (κ3) is 1.09. The van der Waals surface area contributed by atoms with Gasteiger partial charge in [-0.15, -0.1) is 0 Å². The van der Waals surface area contributed by atoms with Crippen LogP contribution in [0.2, 0.25) is 0 Å². The zero-order valence-corrected chi connectivity index (χ0v) is 7.23. The summed E-state index contributed by atoms with van der Waals surface area (Å²) in [6.07, 6.45) is 6.41. The van der Waals surface area contributed by atoms with E-state index in [0.29, 0.717) is 16.9 Å². The molecule has 14 heavy (non-hydrogen) atoms. The highest BCUT2D eigenvalue weighted by Gasteiger charge is 2.31. The predicted octanol–water partition coefficient (Wildman–Crippen LogP) is 0.622. The lowest BCUT2D eigenvalue weighted by Crippen LogP contribution is -2.25. The van der Waals surface area contributed by atoms with Gasteiger partial charge in [-0.05, 0) is 6.08 Å². The van der Waals surface area contributed by atoms with Gasteiger partial charge in [-0.2, -0.15) is 4.79 Å². The van der Waals surface area contributed by atoms with Crippen molar-refractivity contribution in [3.05, 3.63) is 41.0 Å². The number of fused-ring (bicyclic) bond motifs is 1. The van der Waals surface area contributed by atoms with Crippen LogP contribution in [0.25, 0.3) is 5.53 Å². The molecular weight excluding hydrogens is 180 g/mol. The van der Waals surface area contributed by atoms with Crippen molar-refractivity contribution in [1.82, 2.24) is 0 Å². The molecule has 0 N–H and O–H groups in total. The molecule has 0 fully saturated rings. The summed E-state index contributed by atoms with van der Waals surface area (Å²) in [5.74, 6) is -0.930. The van der Waals surface area contributed by atoms with Gasteiger partial charge in [-0.3, -0.25) is 9.59 Å². The topological polar surface area (TPSA) is 70.5 Å². The first-order valence-corrected chi connectivity index (χ1v) is 4.13. The zero-order valence-electron chi connectivity index (χ0n) is 7.23. The van der Waals surface area contributed by atoms with Crippen LogP contribution in [0, 0.1) is 0 Å². The molecule has 0 aromatic heterocycles. The van der Waals surface area contributed by atoms with Crippen LogP contribution in [-0.2, 0) is 9.59 Å². The van der Waals surface area contributed by atoms with Gasteiger partial charge in [0.2, 0.25) is 11.6 Å². The van der Waals surface area contributed by atoms with Gasteiger partial charge in [0, 0.05) is 18.1 Å². The number of allylic oxidation sites excluding steroid dienone is 6. The third-order valence-electron chi connectivity index (χ3n) is 2.18. The minimum atomic E-state index is -0.506. The van der Waals surface area contributed by atoms with Gasteiger partial charge in [0.25, 0.3) is 0 Å². The fourth-order valence-corrected chi connectivity index (χ4v) is 1.49. The Morgan fingerprint density at radius 3 is 2.79 bits per heavy atom. The third-order valence-corrected chi connectivity index (χ3v) is 2.18. The molecule has 0 amide bonds. The number of Topliss-reactive ketones (excluding diaryl/α,β-unsaturated/α-hetero) is 2. The molecular formula is C10H6N2O2. The van der Waals surface area contributed by atoms with Crippen molar-refractivity contribution in [1.29, 1.82) is 0 Å².